The zero-order valence-corrected chi connectivity index (χ0v) is 24.0. The lowest BCUT2D eigenvalue weighted by Gasteiger charge is -2.41. The molecule has 2 aromatic carbocycles. The van der Waals surface area contributed by atoms with Crippen LogP contribution in [0.5, 0.6) is 0 Å². The van der Waals surface area contributed by atoms with E-state index in [1.165, 1.54) is 33.6 Å². The van der Waals surface area contributed by atoms with Gasteiger partial charge in [-0.15, -0.1) is 0 Å². The molecule has 3 nitrogen and oxygen atoms in total. The lowest BCUT2D eigenvalue weighted by Crippen LogP contribution is -2.53. The average Bonchev–Trinajstić information content (AvgIpc) is 2.72. The van der Waals surface area contributed by atoms with Crippen molar-refractivity contribution >= 4 is 11.4 Å². The van der Waals surface area contributed by atoms with E-state index in [2.05, 4.69) is 135 Å². The first-order valence-electron chi connectivity index (χ1n) is 13.4. The Morgan fingerprint density at radius 1 is 0.471 bits per heavy atom. The first-order valence-corrected chi connectivity index (χ1v) is 13.4. The predicted molar refractivity (Wildman–Crippen MR) is 152 cm³/mol. The van der Waals surface area contributed by atoms with Crippen LogP contribution in [0.1, 0.15) is 129 Å². The molecule has 0 radical (unpaired) electrons. The molecule has 0 fully saturated rings. The van der Waals surface area contributed by atoms with Gasteiger partial charge in [-0.1, -0.05) is 91.8 Å². The maximum atomic E-state index is 4.04. The maximum Gasteiger partial charge on any atom is 0.156 e. The van der Waals surface area contributed by atoms with Crippen molar-refractivity contribution in [3.8, 4) is 0 Å². The smallest absolute Gasteiger partial charge is 0.156 e. The average molecular weight is 466 g/mol. The Labute approximate surface area is 210 Å². The van der Waals surface area contributed by atoms with E-state index in [1.807, 2.05) is 0 Å². The monoisotopic (exact) mass is 465 g/mol. The summed E-state index contributed by atoms with van der Waals surface area (Å²) in [5.41, 5.74) is 8.09. The molecular formula is C31H51N3. The number of para-hydroxylation sites is 2. The molecule has 3 heteroatoms. The van der Waals surface area contributed by atoms with Crippen molar-refractivity contribution in [2.75, 3.05) is 10.6 Å². The second-order valence-corrected chi connectivity index (χ2v) is 11.6. The van der Waals surface area contributed by atoms with Gasteiger partial charge in [0, 0.05) is 23.5 Å². The Kier molecular flexibility index (Phi) is 10.1. The molecule has 2 rings (SSSR count). The fourth-order valence-electron chi connectivity index (χ4n) is 5.09. The molecule has 0 spiro atoms. The minimum atomic E-state index is -0.0326. The Balaban J connectivity index is 2.71. The van der Waals surface area contributed by atoms with E-state index in [-0.39, 0.29) is 6.29 Å². The molecule has 0 saturated carbocycles. The third kappa shape index (κ3) is 6.56. The van der Waals surface area contributed by atoms with Crippen molar-refractivity contribution in [2.24, 2.45) is 0 Å². The fourth-order valence-corrected chi connectivity index (χ4v) is 5.09. The number of nitrogens with one attached hydrogen (secondary N) is 2. The van der Waals surface area contributed by atoms with Gasteiger partial charge in [-0.25, -0.2) is 0 Å². The van der Waals surface area contributed by atoms with Crippen LogP contribution in [0.4, 0.5) is 11.4 Å². The van der Waals surface area contributed by atoms with Gasteiger partial charge in [0.2, 0.25) is 0 Å². The molecule has 2 aromatic rings. The van der Waals surface area contributed by atoms with Crippen LogP contribution in [0.15, 0.2) is 36.4 Å². The molecule has 0 amide bonds. The van der Waals surface area contributed by atoms with E-state index in [4.69, 9.17) is 0 Å². The highest BCUT2D eigenvalue weighted by Crippen LogP contribution is 2.36. The SMILES string of the molecule is CC(C)c1cccc(C(C)C)c1NC(Nc1c(C(C)C)cccc1C(C)C)N(C(C)C)C(C)C. The van der Waals surface area contributed by atoms with Gasteiger partial charge in [0.1, 0.15) is 0 Å². The van der Waals surface area contributed by atoms with Crippen LogP contribution in [0.2, 0.25) is 0 Å². The van der Waals surface area contributed by atoms with Gasteiger partial charge < -0.3 is 10.6 Å². The van der Waals surface area contributed by atoms with Crippen LogP contribution in [0.25, 0.3) is 0 Å². The van der Waals surface area contributed by atoms with E-state index in [1.54, 1.807) is 0 Å². The Morgan fingerprint density at radius 3 is 0.941 bits per heavy atom. The Morgan fingerprint density at radius 2 is 0.735 bits per heavy atom. The first-order chi connectivity index (χ1) is 15.9. The highest BCUT2D eigenvalue weighted by Gasteiger charge is 2.28. The highest BCUT2D eigenvalue weighted by atomic mass is 15.4. The van der Waals surface area contributed by atoms with Crippen molar-refractivity contribution < 1.29 is 0 Å². The van der Waals surface area contributed by atoms with Crippen LogP contribution in [-0.2, 0) is 0 Å². The van der Waals surface area contributed by atoms with Crippen molar-refractivity contribution in [2.45, 2.75) is 125 Å². The van der Waals surface area contributed by atoms with Crippen molar-refractivity contribution in [3.63, 3.8) is 0 Å². The number of benzene rings is 2. The molecule has 0 bridgehead atoms. The Bertz CT molecular complexity index is 783. The minimum absolute atomic E-state index is 0.0326. The normalized spacial score (nSPS) is 12.5. The third-order valence-electron chi connectivity index (χ3n) is 6.80. The fraction of sp³-hybridized carbons (Fsp3) is 0.613. The maximum absolute atomic E-state index is 4.04. The quantitative estimate of drug-likeness (QED) is 0.324. The summed E-state index contributed by atoms with van der Waals surface area (Å²) in [6, 6.07) is 14.3. The predicted octanol–water partition coefficient (Wildman–Crippen LogP) is 9.11. The van der Waals surface area contributed by atoms with E-state index in [0.717, 1.165) is 0 Å². The van der Waals surface area contributed by atoms with Crippen molar-refractivity contribution in [3.05, 3.63) is 58.7 Å². The second-order valence-electron chi connectivity index (χ2n) is 11.6. The van der Waals surface area contributed by atoms with Crippen LogP contribution < -0.4 is 10.6 Å². The number of hydrogen-bond acceptors (Lipinski definition) is 3. The standard InChI is InChI=1S/C31H51N3/c1-19(2)25-15-13-16-26(20(3)4)29(25)32-31(34(23(9)10)24(11)12)33-30-27(21(5)6)17-14-18-28(30)22(7)8/h13-24,31-33H,1-12H3. The van der Waals surface area contributed by atoms with Gasteiger partial charge in [-0.05, 0) is 73.6 Å². The molecule has 2 N–H and O–H groups in total. The molecule has 0 aromatic heterocycles. The molecule has 0 atom stereocenters. The number of nitrogens with zero attached hydrogens (tertiary/aromatic N) is 1. The molecule has 34 heavy (non-hydrogen) atoms. The second kappa shape index (κ2) is 12.1. The van der Waals surface area contributed by atoms with Crippen LogP contribution >= 0.6 is 0 Å². The van der Waals surface area contributed by atoms with E-state index >= 15 is 0 Å². The summed E-state index contributed by atoms with van der Waals surface area (Å²) >= 11 is 0. The lowest BCUT2D eigenvalue weighted by molar-refractivity contribution is 0.142. The van der Waals surface area contributed by atoms with Gasteiger partial charge in [0.25, 0.3) is 0 Å². The molecule has 0 unspecified atom stereocenters. The molecule has 0 aliphatic carbocycles. The summed E-state index contributed by atoms with van der Waals surface area (Å²) in [6.45, 7) is 27.5. The van der Waals surface area contributed by atoms with E-state index in [0.29, 0.717) is 35.8 Å². The molecule has 0 aliphatic rings. The van der Waals surface area contributed by atoms with Crippen LogP contribution in [0.3, 0.4) is 0 Å². The molecule has 190 valence electrons. The topological polar surface area (TPSA) is 27.3 Å². The number of anilines is 2. The summed E-state index contributed by atoms with van der Waals surface area (Å²) in [5, 5.41) is 8.07. The lowest BCUT2D eigenvalue weighted by atomic mass is 9.92. The largest absolute Gasteiger partial charge is 0.352 e. The van der Waals surface area contributed by atoms with Crippen LogP contribution in [-0.4, -0.2) is 23.3 Å². The van der Waals surface area contributed by atoms with Crippen LogP contribution in [0, 0.1) is 0 Å². The van der Waals surface area contributed by atoms with Gasteiger partial charge in [0.15, 0.2) is 6.29 Å². The molecule has 0 aliphatic heterocycles. The van der Waals surface area contributed by atoms with Gasteiger partial charge in [-0.2, -0.15) is 0 Å². The Hall–Kier alpha value is -2.00. The number of hydrogen-bond donors (Lipinski definition) is 2. The molecule has 0 heterocycles. The summed E-state index contributed by atoms with van der Waals surface area (Å²) in [7, 11) is 0. The zero-order chi connectivity index (χ0) is 25.7. The van der Waals surface area contributed by atoms with Crippen molar-refractivity contribution in [1.82, 2.24) is 4.90 Å². The van der Waals surface area contributed by atoms with Crippen molar-refractivity contribution in [1.29, 1.82) is 0 Å². The van der Waals surface area contributed by atoms with E-state index < -0.39 is 0 Å². The first kappa shape index (κ1) is 28.2. The third-order valence-corrected chi connectivity index (χ3v) is 6.80. The van der Waals surface area contributed by atoms with Gasteiger partial charge in [0.05, 0.1) is 0 Å². The summed E-state index contributed by atoms with van der Waals surface area (Å²) in [4.78, 5) is 2.56. The summed E-state index contributed by atoms with van der Waals surface area (Å²) in [5.74, 6) is 1.79. The zero-order valence-electron chi connectivity index (χ0n) is 24.0. The minimum Gasteiger partial charge on any atom is -0.352 e. The number of rotatable bonds is 11. The summed E-state index contributed by atoms with van der Waals surface area (Å²) in [6.07, 6.45) is -0.0326. The molecule has 0 saturated heterocycles. The van der Waals surface area contributed by atoms with Gasteiger partial charge in [-0.3, -0.25) is 4.90 Å². The summed E-state index contributed by atoms with van der Waals surface area (Å²) < 4.78 is 0. The van der Waals surface area contributed by atoms with Gasteiger partial charge >= 0.3 is 0 Å². The highest BCUT2D eigenvalue weighted by molar-refractivity contribution is 5.64. The van der Waals surface area contributed by atoms with E-state index in [9.17, 15) is 0 Å². The molecular weight excluding hydrogens is 414 g/mol.